The van der Waals surface area contributed by atoms with E-state index >= 15 is 0 Å². The van der Waals surface area contributed by atoms with Crippen LogP contribution >= 0.6 is 11.3 Å². The maximum atomic E-state index is 4.52. The van der Waals surface area contributed by atoms with Crippen molar-refractivity contribution in [3.8, 4) is 10.6 Å². The van der Waals surface area contributed by atoms with Gasteiger partial charge in [-0.25, -0.2) is 4.57 Å². The molecule has 0 spiro atoms. The standard InChI is InChI=1S/C13H11N2S.HI/c1-15-9-14-13(12-7-4-8-16-12)10-5-2-3-6-11(10)15;/h2-9H,1H3;1H/q+1;/p-1. The van der Waals surface area contributed by atoms with Crippen LogP contribution in [0.3, 0.4) is 0 Å². The van der Waals surface area contributed by atoms with Crippen LogP contribution in [-0.4, -0.2) is 4.98 Å². The Bertz CT molecular complexity index is 635. The molecule has 0 aliphatic heterocycles. The summed E-state index contributed by atoms with van der Waals surface area (Å²) in [6.45, 7) is 0. The van der Waals surface area contributed by atoms with Gasteiger partial charge in [0.2, 0.25) is 5.69 Å². The molecular weight excluding hydrogens is 343 g/mol. The molecule has 2 aromatic heterocycles. The third kappa shape index (κ3) is 2.19. The van der Waals surface area contributed by atoms with Crippen LogP contribution in [0.1, 0.15) is 0 Å². The average molecular weight is 354 g/mol. The van der Waals surface area contributed by atoms with E-state index in [4.69, 9.17) is 0 Å². The fraction of sp³-hybridized carbons (Fsp3) is 0.0769. The number of thiophene rings is 1. The first-order chi connectivity index (χ1) is 7.86. The van der Waals surface area contributed by atoms with Gasteiger partial charge in [0.05, 0.1) is 17.3 Å². The van der Waals surface area contributed by atoms with E-state index in [2.05, 4.69) is 46.8 Å². The highest BCUT2D eigenvalue weighted by Gasteiger charge is 2.13. The van der Waals surface area contributed by atoms with Gasteiger partial charge in [-0.2, -0.15) is 0 Å². The number of para-hydroxylation sites is 1. The SMILES string of the molecule is C[n+]1cnc(-c2cccs2)c2ccccc21.[I-]. The lowest BCUT2D eigenvalue weighted by atomic mass is 10.1. The summed E-state index contributed by atoms with van der Waals surface area (Å²) in [5, 5.41) is 3.29. The van der Waals surface area contributed by atoms with Gasteiger partial charge >= 0.3 is 0 Å². The predicted octanol–water partition coefficient (Wildman–Crippen LogP) is -0.208. The Kier molecular flexibility index (Phi) is 3.73. The Balaban J connectivity index is 0.00000108. The topological polar surface area (TPSA) is 16.8 Å². The van der Waals surface area contributed by atoms with Gasteiger partial charge in [-0.15, -0.1) is 11.3 Å². The van der Waals surface area contributed by atoms with E-state index in [1.807, 2.05) is 17.9 Å². The van der Waals surface area contributed by atoms with Gasteiger partial charge in [0, 0.05) is 0 Å². The van der Waals surface area contributed by atoms with Crippen molar-refractivity contribution in [3.63, 3.8) is 0 Å². The monoisotopic (exact) mass is 354 g/mol. The van der Waals surface area contributed by atoms with Gasteiger partial charge in [-0.1, -0.05) is 18.2 Å². The van der Waals surface area contributed by atoms with Crippen LogP contribution in [0.5, 0.6) is 0 Å². The van der Waals surface area contributed by atoms with Crippen molar-refractivity contribution < 1.29 is 28.5 Å². The first-order valence-electron chi connectivity index (χ1n) is 5.13. The molecule has 0 atom stereocenters. The second kappa shape index (κ2) is 5.10. The van der Waals surface area contributed by atoms with Crippen molar-refractivity contribution in [2.45, 2.75) is 0 Å². The van der Waals surface area contributed by atoms with Gasteiger partial charge in [0.25, 0.3) is 6.33 Å². The molecular formula is C13H11IN2S. The number of nitrogens with zero attached hydrogens (tertiary/aromatic N) is 2. The maximum absolute atomic E-state index is 4.52. The van der Waals surface area contributed by atoms with Crippen LogP contribution in [0.15, 0.2) is 48.1 Å². The summed E-state index contributed by atoms with van der Waals surface area (Å²) in [5.41, 5.74) is 2.28. The number of fused-ring (bicyclic) bond motifs is 1. The van der Waals surface area contributed by atoms with Gasteiger partial charge in [-0.3, -0.25) is 0 Å². The van der Waals surface area contributed by atoms with E-state index in [0.29, 0.717) is 0 Å². The lowest BCUT2D eigenvalue weighted by Gasteiger charge is -2.00. The summed E-state index contributed by atoms with van der Waals surface area (Å²) >= 11 is 1.72. The number of rotatable bonds is 1. The van der Waals surface area contributed by atoms with Crippen LogP contribution in [0.2, 0.25) is 0 Å². The fourth-order valence-corrected chi connectivity index (χ4v) is 2.60. The average Bonchev–Trinajstić information content (AvgIpc) is 2.83. The highest BCUT2D eigenvalue weighted by Crippen LogP contribution is 2.27. The second-order valence-corrected chi connectivity index (χ2v) is 4.65. The molecule has 0 aliphatic rings. The molecule has 4 heteroatoms. The number of aromatic nitrogens is 2. The lowest BCUT2D eigenvalue weighted by Crippen LogP contribution is -3.00. The zero-order valence-electron chi connectivity index (χ0n) is 9.30. The molecule has 2 heterocycles. The van der Waals surface area contributed by atoms with Gasteiger partial charge in [-0.05, 0) is 28.6 Å². The lowest BCUT2D eigenvalue weighted by molar-refractivity contribution is -0.647. The number of benzene rings is 1. The van der Waals surface area contributed by atoms with E-state index in [1.54, 1.807) is 11.3 Å². The highest BCUT2D eigenvalue weighted by molar-refractivity contribution is 7.13. The highest BCUT2D eigenvalue weighted by atomic mass is 127. The first kappa shape index (κ1) is 12.4. The quantitative estimate of drug-likeness (QED) is 0.437. The van der Waals surface area contributed by atoms with Crippen molar-refractivity contribution in [2.24, 2.45) is 7.05 Å². The van der Waals surface area contributed by atoms with Crippen LogP contribution in [0, 0.1) is 0 Å². The molecule has 86 valence electrons. The van der Waals surface area contributed by atoms with Crippen LogP contribution in [0.25, 0.3) is 21.5 Å². The molecule has 3 aromatic rings. The maximum Gasteiger partial charge on any atom is 0.287 e. The molecule has 0 amide bonds. The smallest absolute Gasteiger partial charge is 0.287 e. The second-order valence-electron chi connectivity index (χ2n) is 3.70. The Hall–Kier alpha value is -1.01. The van der Waals surface area contributed by atoms with E-state index in [9.17, 15) is 0 Å². The summed E-state index contributed by atoms with van der Waals surface area (Å²) in [4.78, 5) is 5.74. The number of hydrogen-bond acceptors (Lipinski definition) is 2. The number of hydrogen-bond donors (Lipinski definition) is 0. The first-order valence-corrected chi connectivity index (χ1v) is 6.01. The fourth-order valence-electron chi connectivity index (χ4n) is 1.87. The zero-order valence-corrected chi connectivity index (χ0v) is 12.3. The molecule has 17 heavy (non-hydrogen) atoms. The van der Waals surface area contributed by atoms with Crippen LogP contribution < -0.4 is 28.5 Å². The van der Waals surface area contributed by atoms with Gasteiger partial charge in [0.15, 0.2) is 0 Å². The van der Waals surface area contributed by atoms with E-state index in [-0.39, 0.29) is 24.0 Å². The van der Waals surface area contributed by atoms with E-state index < -0.39 is 0 Å². The van der Waals surface area contributed by atoms with Crippen molar-refractivity contribution in [3.05, 3.63) is 48.1 Å². The number of aryl methyl sites for hydroxylation is 1. The predicted molar refractivity (Wildman–Crippen MR) is 66.2 cm³/mol. The van der Waals surface area contributed by atoms with Gasteiger partial charge < -0.3 is 24.0 Å². The van der Waals surface area contributed by atoms with Crippen molar-refractivity contribution >= 4 is 22.2 Å². The van der Waals surface area contributed by atoms with E-state index in [0.717, 1.165) is 5.69 Å². The van der Waals surface area contributed by atoms with Crippen LogP contribution in [0.4, 0.5) is 0 Å². The molecule has 0 aliphatic carbocycles. The largest absolute Gasteiger partial charge is 1.00 e. The Morgan fingerprint density at radius 1 is 1.12 bits per heavy atom. The molecule has 0 unspecified atom stereocenters. The third-order valence-electron chi connectivity index (χ3n) is 2.65. The zero-order chi connectivity index (χ0) is 11.0. The molecule has 3 rings (SSSR count). The molecule has 0 bridgehead atoms. The minimum absolute atomic E-state index is 0. The number of halogens is 1. The Morgan fingerprint density at radius 2 is 1.94 bits per heavy atom. The molecule has 0 N–H and O–H groups in total. The molecule has 0 radical (unpaired) electrons. The minimum atomic E-state index is 0. The normalized spacial score (nSPS) is 10.2. The van der Waals surface area contributed by atoms with Crippen molar-refractivity contribution in [1.82, 2.24) is 4.98 Å². The summed E-state index contributed by atoms with van der Waals surface area (Å²) in [6, 6.07) is 12.5. The summed E-state index contributed by atoms with van der Waals surface area (Å²) < 4.78 is 2.05. The van der Waals surface area contributed by atoms with E-state index in [1.165, 1.54) is 15.8 Å². The Labute approximate surface area is 121 Å². The van der Waals surface area contributed by atoms with Crippen LogP contribution in [-0.2, 0) is 7.05 Å². The minimum Gasteiger partial charge on any atom is -1.00 e. The molecule has 2 nitrogen and oxygen atoms in total. The van der Waals surface area contributed by atoms with Crippen molar-refractivity contribution in [1.29, 1.82) is 0 Å². The summed E-state index contributed by atoms with van der Waals surface area (Å²) in [6.07, 6.45) is 1.87. The molecule has 0 fully saturated rings. The van der Waals surface area contributed by atoms with Gasteiger partial charge in [0.1, 0.15) is 5.52 Å². The molecule has 0 saturated heterocycles. The molecule has 1 aromatic carbocycles. The summed E-state index contributed by atoms with van der Waals surface area (Å²) in [5.74, 6) is 0. The Morgan fingerprint density at radius 3 is 2.71 bits per heavy atom. The third-order valence-corrected chi connectivity index (χ3v) is 3.53. The summed E-state index contributed by atoms with van der Waals surface area (Å²) in [7, 11) is 2.02. The van der Waals surface area contributed by atoms with Crippen molar-refractivity contribution in [2.75, 3.05) is 0 Å². The molecule has 0 saturated carbocycles.